The molecular formula is C26H28N2O4S. The van der Waals surface area contributed by atoms with Crippen LogP contribution in [0.3, 0.4) is 0 Å². The van der Waals surface area contributed by atoms with Gasteiger partial charge in [0.2, 0.25) is 10.0 Å². The van der Waals surface area contributed by atoms with Crippen molar-refractivity contribution in [3.8, 4) is 0 Å². The van der Waals surface area contributed by atoms with Crippen LogP contribution in [0.2, 0.25) is 0 Å². The van der Waals surface area contributed by atoms with E-state index in [0.717, 1.165) is 16.7 Å². The van der Waals surface area contributed by atoms with Gasteiger partial charge in [0, 0.05) is 18.7 Å². The highest BCUT2D eigenvalue weighted by Gasteiger charge is 2.29. The van der Waals surface area contributed by atoms with Crippen molar-refractivity contribution in [1.29, 1.82) is 0 Å². The highest BCUT2D eigenvalue weighted by Crippen LogP contribution is 2.25. The standard InChI is InChI=1S/C26H28N2O4S/c1-19-8-11-22(12-9-19)25(21-6-4-3-5-7-21)27-26(29)23-13-10-20(2)24(18-23)33(30,31)28-14-16-32-17-15-28/h3-13,18,25H,14-17H2,1-2H3,(H,27,29)/t25-/m1/s1. The summed E-state index contributed by atoms with van der Waals surface area (Å²) in [5.74, 6) is -0.331. The number of hydrogen-bond acceptors (Lipinski definition) is 4. The first-order valence-electron chi connectivity index (χ1n) is 11.0. The maximum Gasteiger partial charge on any atom is 0.252 e. The van der Waals surface area contributed by atoms with Crippen molar-refractivity contribution in [2.24, 2.45) is 0 Å². The van der Waals surface area contributed by atoms with Crippen LogP contribution in [0.25, 0.3) is 0 Å². The summed E-state index contributed by atoms with van der Waals surface area (Å²) < 4.78 is 33.1. The van der Waals surface area contributed by atoms with E-state index >= 15 is 0 Å². The van der Waals surface area contributed by atoms with Gasteiger partial charge in [-0.2, -0.15) is 4.31 Å². The Bertz CT molecular complexity index is 1220. The summed E-state index contributed by atoms with van der Waals surface area (Å²) in [6.07, 6.45) is 0. The van der Waals surface area contributed by atoms with Crippen molar-refractivity contribution in [2.45, 2.75) is 24.8 Å². The molecule has 1 N–H and O–H groups in total. The molecule has 0 aliphatic carbocycles. The van der Waals surface area contributed by atoms with Crippen molar-refractivity contribution < 1.29 is 17.9 Å². The summed E-state index contributed by atoms with van der Waals surface area (Å²) in [7, 11) is -3.71. The molecule has 1 aliphatic heterocycles. The van der Waals surface area contributed by atoms with Crippen molar-refractivity contribution in [3.63, 3.8) is 0 Å². The molecular weight excluding hydrogens is 436 g/mol. The van der Waals surface area contributed by atoms with Crippen LogP contribution < -0.4 is 5.32 Å². The summed E-state index contributed by atoms with van der Waals surface area (Å²) in [5.41, 5.74) is 3.95. The van der Waals surface area contributed by atoms with Crippen LogP contribution in [-0.2, 0) is 14.8 Å². The first kappa shape index (κ1) is 23.2. The van der Waals surface area contributed by atoms with Crippen LogP contribution in [-0.4, -0.2) is 44.9 Å². The third-order valence-corrected chi connectivity index (χ3v) is 7.90. The van der Waals surface area contributed by atoms with E-state index in [-0.39, 0.29) is 16.8 Å². The van der Waals surface area contributed by atoms with E-state index in [1.165, 1.54) is 10.4 Å². The number of benzene rings is 3. The lowest BCUT2D eigenvalue weighted by atomic mass is 9.97. The smallest absolute Gasteiger partial charge is 0.252 e. The van der Waals surface area contributed by atoms with Crippen molar-refractivity contribution in [2.75, 3.05) is 26.3 Å². The van der Waals surface area contributed by atoms with Gasteiger partial charge in [0.25, 0.3) is 5.91 Å². The minimum Gasteiger partial charge on any atom is -0.379 e. The zero-order valence-electron chi connectivity index (χ0n) is 18.8. The van der Waals surface area contributed by atoms with Gasteiger partial charge in [-0.15, -0.1) is 0 Å². The average Bonchev–Trinajstić information content (AvgIpc) is 2.84. The lowest BCUT2D eigenvalue weighted by Gasteiger charge is -2.27. The minimum atomic E-state index is -3.71. The molecule has 4 rings (SSSR count). The fourth-order valence-corrected chi connectivity index (χ4v) is 5.58. The van der Waals surface area contributed by atoms with Gasteiger partial charge >= 0.3 is 0 Å². The van der Waals surface area contributed by atoms with Crippen molar-refractivity contribution >= 4 is 15.9 Å². The van der Waals surface area contributed by atoms with Gasteiger partial charge in [0.1, 0.15) is 0 Å². The number of sulfonamides is 1. The van der Waals surface area contributed by atoms with Crippen LogP contribution in [0, 0.1) is 13.8 Å². The number of ether oxygens (including phenoxy) is 1. The summed E-state index contributed by atoms with van der Waals surface area (Å²) in [4.78, 5) is 13.5. The summed E-state index contributed by atoms with van der Waals surface area (Å²) >= 11 is 0. The maximum atomic E-state index is 13.3. The van der Waals surface area contributed by atoms with E-state index in [1.807, 2.05) is 61.5 Å². The topological polar surface area (TPSA) is 75.7 Å². The summed E-state index contributed by atoms with van der Waals surface area (Å²) in [6, 6.07) is 22.2. The monoisotopic (exact) mass is 464 g/mol. The van der Waals surface area contributed by atoms with Crippen LogP contribution in [0.1, 0.15) is 38.7 Å². The Balaban J connectivity index is 1.65. The van der Waals surface area contributed by atoms with Crippen molar-refractivity contribution in [1.82, 2.24) is 9.62 Å². The molecule has 3 aromatic rings. The molecule has 1 fully saturated rings. The Labute approximate surface area is 195 Å². The molecule has 7 heteroatoms. The van der Waals surface area contributed by atoms with Gasteiger partial charge in [0.05, 0.1) is 24.2 Å². The zero-order chi connectivity index (χ0) is 23.4. The Morgan fingerprint density at radius 1 is 0.909 bits per heavy atom. The molecule has 0 radical (unpaired) electrons. The fourth-order valence-electron chi connectivity index (χ4n) is 3.92. The van der Waals surface area contributed by atoms with E-state index in [4.69, 9.17) is 4.74 Å². The Morgan fingerprint density at radius 2 is 1.55 bits per heavy atom. The highest BCUT2D eigenvalue weighted by molar-refractivity contribution is 7.89. The van der Waals surface area contributed by atoms with Crippen LogP contribution in [0.5, 0.6) is 0 Å². The molecule has 0 spiro atoms. The minimum absolute atomic E-state index is 0.156. The van der Waals surface area contributed by atoms with Crippen LogP contribution in [0.4, 0.5) is 0 Å². The summed E-state index contributed by atoms with van der Waals surface area (Å²) in [6.45, 7) is 5.11. The highest BCUT2D eigenvalue weighted by atomic mass is 32.2. The second-order valence-corrected chi connectivity index (χ2v) is 10.1. The third kappa shape index (κ3) is 5.16. The molecule has 1 saturated heterocycles. The Hall–Kier alpha value is -3.00. The second kappa shape index (κ2) is 9.87. The molecule has 0 saturated carbocycles. The average molecular weight is 465 g/mol. The van der Waals surface area contributed by atoms with E-state index in [1.54, 1.807) is 19.1 Å². The molecule has 0 unspecified atom stereocenters. The van der Waals surface area contributed by atoms with Gasteiger partial charge in [0.15, 0.2) is 0 Å². The van der Waals surface area contributed by atoms with E-state index in [9.17, 15) is 13.2 Å². The largest absolute Gasteiger partial charge is 0.379 e. The first-order valence-corrected chi connectivity index (χ1v) is 12.4. The Kier molecular flexibility index (Phi) is 6.93. The molecule has 0 bridgehead atoms. The predicted octanol–water partition coefficient (Wildman–Crippen LogP) is 3.84. The molecule has 0 aromatic heterocycles. The molecule has 1 atom stereocenters. The number of aryl methyl sites for hydroxylation is 2. The number of amides is 1. The van der Waals surface area contributed by atoms with Crippen LogP contribution >= 0.6 is 0 Å². The van der Waals surface area contributed by atoms with Crippen LogP contribution in [0.15, 0.2) is 77.7 Å². The SMILES string of the molecule is Cc1ccc([C@H](NC(=O)c2ccc(C)c(S(=O)(=O)N3CCOCC3)c2)c2ccccc2)cc1. The number of morpholine rings is 1. The third-order valence-electron chi connectivity index (χ3n) is 5.86. The number of nitrogens with one attached hydrogen (secondary N) is 1. The maximum absolute atomic E-state index is 13.3. The van der Waals surface area contributed by atoms with E-state index < -0.39 is 10.0 Å². The molecule has 1 amide bonds. The van der Waals surface area contributed by atoms with Gasteiger partial charge in [-0.3, -0.25) is 4.79 Å². The van der Waals surface area contributed by atoms with E-state index in [0.29, 0.717) is 37.4 Å². The van der Waals surface area contributed by atoms with Gasteiger partial charge in [-0.1, -0.05) is 66.2 Å². The second-order valence-electron chi connectivity index (χ2n) is 8.22. The zero-order valence-corrected chi connectivity index (χ0v) is 19.6. The van der Waals surface area contributed by atoms with Crippen molar-refractivity contribution in [3.05, 3.63) is 101 Å². The van der Waals surface area contributed by atoms with Gasteiger partial charge in [-0.25, -0.2) is 8.42 Å². The lowest BCUT2D eigenvalue weighted by Crippen LogP contribution is -2.41. The molecule has 172 valence electrons. The number of rotatable bonds is 6. The lowest BCUT2D eigenvalue weighted by molar-refractivity contribution is 0.0730. The predicted molar refractivity (Wildman–Crippen MR) is 128 cm³/mol. The summed E-state index contributed by atoms with van der Waals surface area (Å²) in [5, 5.41) is 3.10. The molecule has 3 aromatic carbocycles. The van der Waals surface area contributed by atoms with Gasteiger partial charge in [-0.05, 0) is 42.7 Å². The first-order chi connectivity index (χ1) is 15.9. The normalized spacial score (nSPS) is 15.7. The number of hydrogen-bond donors (Lipinski definition) is 1. The molecule has 1 heterocycles. The van der Waals surface area contributed by atoms with Gasteiger partial charge < -0.3 is 10.1 Å². The number of carbonyl (C=O) groups is 1. The fraction of sp³-hybridized carbons (Fsp3) is 0.269. The molecule has 1 aliphatic rings. The van der Waals surface area contributed by atoms with E-state index in [2.05, 4.69) is 5.32 Å². The quantitative estimate of drug-likeness (QED) is 0.601. The molecule has 33 heavy (non-hydrogen) atoms. The number of nitrogens with zero attached hydrogens (tertiary/aromatic N) is 1. The number of carbonyl (C=O) groups excluding carboxylic acids is 1. The Morgan fingerprint density at radius 3 is 2.21 bits per heavy atom. The molecule has 6 nitrogen and oxygen atoms in total.